The molecule has 11 heteroatoms. The van der Waals surface area contributed by atoms with E-state index < -0.39 is 5.60 Å². The van der Waals surface area contributed by atoms with Crippen LogP contribution in [-0.4, -0.2) is 79.8 Å². The molecule has 0 radical (unpaired) electrons. The molecule has 1 aromatic carbocycles. The van der Waals surface area contributed by atoms with Crippen LogP contribution < -0.4 is 10.6 Å². The molecular formula is C25H30ClN9O. The first-order chi connectivity index (χ1) is 17.3. The quantitative estimate of drug-likeness (QED) is 0.462. The van der Waals surface area contributed by atoms with Crippen LogP contribution in [0, 0.1) is 18.3 Å². The lowest BCUT2D eigenvalue weighted by Gasteiger charge is -2.52. The number of nitrogens with one attached hydrogen (secondary N) is 2. The van der Waals surface area contributed by atoms with Crippen LogP contribution in [0.3, 0.4) is 0 Å². The number of hydrogen-bond acceptors (Lipinski definition) is 9. The highest BCUT2D eigenvalue weighted by atomic mass is 35.5. The number of piperidine rings is 1. The van der Waals surface area contributed by atoms with Crippen molar-refractivity contribution in [2.24, 2.45) is 0 Å². The van der Waals surface area contributed by atoms with E-state index in [1.807, 2.05) is 6.92 Å². The normalized spacial score (nSPS) is 20.8. The van der Waals surface area contributed by atoms with Crippen LogP contribution >= 0.6 is 11.6 Å². The number of β-amino-alcohol motifs (C(OH)–C–C–N with tert-alkyl or cyclic N) is 1. The van der Waals surface area contributed by atoms with Crippen LogP contribution in [0.4, 0.5) is 17.5 Å². The number of likely N-dealkylation sites (tertiary alicyclic amines) is 2. The summed E-state index contributed by atoms with van der Waals surface area (Å²) in [5.41, 5.74) is 1.91. The Kier molecular flexibility index (Phi) is 5.76. The fourth-order valence-electron chi connectivity index (χ4n) is 5.22. The maximum absolute atomic E-state index is 11.5. The van der Waals surface area contributed by atoms with E-state index in [0.29, 0.717) is 64.4 Å². The molecule has 2 saturated heterocycles. The topological polar surface area (TPSA) is 118 Å². The lowest BCUT2D eigenvalue weighted by Crippen LogP contribution is -2.63. The van der Waals surface area contributed by atoms with E-state index in [1.165, 1.54) is 0 Å². The van der Waals surface area contributed by atoms with Gasteiger partial charge in [0.2, 0.25) is 5.95 Å². The fourth-order valence-corrected chi connectivity index (χ4v) is 5.55. The number of nitriles is 1. The summed E-state index contributed by atoms with van der Waals surface area (Å²) in [6.45, 7) is 5.07. The van der Waals surface area contributed by atoms with Crippen LogP contribution in [0.15, 0.2) is 18.3 Å². The fraction of sp³-hybridized carbons (Fsp3) is 0.520. The summed E-state index contributed by atoms with van der Waals surface area (Å²) in [5, 5.41) is 32.8. The van der Waals surface area contributed by atoms with E-state index in [-0.39, 0.29) is 0 Å². The van der Waals surface area contributed by atoms with Gasteiger partial charge in [-0.15, -0.1) is 5.10 Å². The summed E-state index contributed by atoms with van der Waals surface area (Å²) >= 11 is 6.85. The van der Waals surface area contributed by atoms with E-state index in [0.717, 1.165) is 44.5 Å². The minimum Gasteiger partial charge on any atom is -0.382 e. The summed E-state index contributed by atoms with van der Waals surface area (Å²) < 4.78 is 1.74. The maximum Gasteiger partial charge on any atom is 0.247 e. The van der Waals surface area contributed by atoms with Gasteiger partial charge in [0, 0.05) is 30.7 Å². The first-order valence-electron chi connectivity index (χ1n) is 12.5. The van der Waals surface area contributed by atoms with Crippen LogP contribution in [0.2, 0.25) is 5.02 Å². The predicted octanol–water partition coefficient (Wildman–Crippen LogP) is 2.87. The highest BCUT2D eigenvalue weighted by Crippen LogP contribution is 2.42. The molecule has 3 fully saturated rings. The Morgan fingerprint density at radius 3 is 2.64 bits per heavy atom. The standard InChI is InChI=1S/C25H30ClN9O/c1-15-12-28-23-22(29-17-3-4-17)31-24(32-35(15)23)30-20-10-16(11-27)9-19(21(20)26)25(36)13-34(14-25)18-5-7-33(2)8-6-18/h9-10,12,17-18,36H,3-8,13-14H2,1-2H3,(H2,29,30,31,32). The molecule has 1 saturated carbocycles. The van der Waals surface area contributed by atoms with Gasteiger partial charge in [0.1, 0.15) is 5.60 Å². The average molecular weight is 508 g/mol. The highest BCUT2D eigenvalue weighted by molar-refractivity contribution is 6.34. The van der Waals surface area contributed by atoms with Gasteiger partial charge in [-0.1, -0.05) is 11.6 Å². The van der Waals surface area contributed by atoms with Crippen molar-refractivity contribution in [2.75, 3.05) is 43.9 Å². The predicted molar refractivity (Wildman–Crippen MR) is 138 cm³/mol. The van der Waals surface area contributed by atoms with Crippen molar-refractivity contribution in [3.63, 3.8) is 0 Å². The van der Waals surface area contributed by atoms with E-state index >= 15 is 0 Å². The van der Waals surface area contributed by atoms with Gasteiger partial charge in [-0.05, 0) is 64.9 Å². The second kappa shape index (κ2) is 8.85. The molecule has 0 spiro atoms. The number of benzene rings is 1. The number of aromatic nitrogens is 4. The number of rotatable bonds is 6. The monoisotopic (exact) mass is 507 g/mol. The van der Waals surface area contributed by atoms with Gasteiger partial charge in [0.05, 0.1) is 34.2 Å². The third kappa shape index (κ3) is 4.26. The largest absolute Gasteiger partial charge is 0.382 e. The number of nitrogens with zero attached hydrogens (tertiary/aromatic N) is 7. The molecule has 4 heterocycles. The number of imidazole rings is 1. The number of fused-ring (bicyclic) bond motifs is 1. The minimum atomic E-state index is -1.10. The smallest absolute Gasteiger partial charge is 0.247 e. The van der Waals surface area contributed by atoms with E-state index in [9.17, 15) is 10.4 Å². The molecule has 3 N–H and O–H groups in total. The number of hydrogen-bond donors (Lipinski definition) is 3. The molecule has 36 heavy (non-hydrogen) atoms. The highest BCUT2D eigenvalue weighted by Gasteiger charge is 2.47. The summed E-state index contributed by atoms with van der Waals surface area (Å²) in [7, 11) is 2.14. The van der Waals surface area contributed by atoms with Gasteiger partial charge >= 0.3 is 0 Å². The number of aliphatic hydroxyl groups is 1. The average Bonchev–Trinajstić information content (AvgIpc) is 3.59. The molecule has 0 amide bonds. The van der Waals surface area contributed by atoms with Gasteiger partial charge in [0.15, 0.2) is 11.5 Å². The van der Waals surface area contributed by atoms with E-state index in [1.54, 1.807) is 22.8 Å². The van der Waals surface area contributed by atoms with Crippen molar-refractivity contribution in [1.29, 1.82) is 5.26 Å². The molecule has 188 valence electrons. The second-order valence-electron chi connectivity index (χ2n) is 10.4. The molecular weight excluding hydrogens is 478 g/mol. The zero-order chi connectivity index (χ0) is 25.0. The summed E-state index contributed by atoms with van der Waals surface area (Å²) in [5.74, 6) is 0.991. The van der Waals surface area contributed by atoms with Crippen molar-refractivity contribution >= 4 is 34.7 Å². The first-order valence-corrected chi connectivity index (χ1v) is 12.9. The SMILES string of the molecule is Cc1cnc2c(NC3CC3)nc(Nc3cc(C#N)cc(C4(O)CN(C5CCN(C)CC5)C4)c3Cl)nn12. The van der Waals surface area contributed by atoms with Crippen molar-refractivity contribution in [1.82, 2.24) is 29.4 Å². The minimum absolute atomic E-state index is 0.336. The summed E-state index contributed by atoms with van der Waals surface area (Å²) in [6.07, 6.45) is 6.15. The molecule has 1 aliphatic carbocycles. The van der Waals surface area contributed by atoms with Crippen molar-refractivity contribution in [3.8, 4) is 6.07 Å². The van der Waals surface area contributed by atoms with Crippen molar-refractivity contribution in [2.45, 2.75) is 50.3 Å². The van der Waals surface area contributed by atoms with Crippen LogP contribution in [0.1, 0.15) is 42.5 Å². The molecule has 6 rings (SSSR count). The molecule has 10 nitrogen and oxygen atoms in total. The van der Waals surface area contributed by atoms with Gasteiger partial charge in [0.25, 0.3) is 0 Å². The van der Waals surface area contributed by atoms with Crippen LogP contribution in [0.25, 0.3) is 5.65 Å². The number of anilines is 3. The molecule has 0 unspecified atom stereocenters. The second-order valence-corrected chi connectivity index (χ2v) is 10.8. The lowest BCUT2D eigenvalue weighted by atomic mass is 9.82. The van der Waals surface area contributed by atoms with Gasteiger partial charge in [-0.3, -0.25) is 4.90 Å². The zero-order valence-electron chi connectivity index (χ0n) is 20.5. The summed E-state index contributed by atoms with van der Waals surface area (Å²) in [4.78, 5) is 13.8. The zero-order valence-corrected chi connectivity index (χ0v) is 21.3. The van der Waals surface area contributed by atoms with Gasteiger partial charge < -0.3 is 20.6 Å². The number of halogens is 1. The molecule has 2 aliphatic heterocycles. The van der Waals surface area contributed by atoms with Crippen molar-refractivity contribution < 1.29 is 5.11 Å². The molecule has 0 bridgehead atoms. The summed E-state index contributed by atoms with van der Waals surface area (Å²) in [6, 6.07) is 6.43. The van der Waals surface area contributed by atoms with Gasteiger partial charge in [-0.2, -0.15) is 10.2 Å². The van der Waals surface area contributed by atoms with E-state index in [4.69, 9.17) is 11.6 Å². The van der Waals surface area contributed by atoms with Gasteiger partial charge in [-0.25, -0.2) is 9.50 Å². The Bertz CT molecular complexity index is 1350. The Morgan fingerprint density at radius 2 is 1.94 bits per heavy atom. The van der Waals surface area contributed by atoms with Crippen LogP contribution in [0.5, 0.6) is 0 Å². The Morgan fingerprint density at radius 1 is 1.19 bits per heavy atom. The third-order valence-electron chi connectivity index (χ3n) is 7.53. The first kappa shape index (κ1) is 23.4. The van der Waals surface area contributed by atoms with Crippen LogP contribution in [-0.2, 0) is 5.60 Å². The molecule has 3 aliphatic rings. The molecule has 2 aromatic heterocycles. The van der Waals surface area contributed by atoms with E-state index in [2.05, 4.69) is 48.6 Å². The number of aryl methyl sites for hydroxylation is 1. The van der Waals surface area contributed by atoms with Crippen molar-refractivity contribution in [3.05, 3.63) is 40.2 Å². The lowest BCUT2D eigenvalue weighted by molar-refractivity contribution is -0.127. The Balaban J connectivity index is 1.29. The molecule has 3 aromatic rings. The maximum atomic E-state index is 11.5. The third-order valence-corrected chi connectivity index (χ3v) is 7.94. The molecule has 0 atom stereocenters. The Labute approximate surface area is 214 Å². The Hall–Kier alpha value is -2.97.